The second-order valence-corrected chi connectivity index (χ2v) is 7.66. The van der Waals surface area contributed by atoms with Gasteiger partial charge in [0.2, 0.25) is 0 Å². The van der Waals surface area contributed by atoms with Crippen LogP contribution < -0.4 is 16.1 Å². The van der Waals surface area contributed by atoms with E-state index < -0.39 is 11.2 Å². The van der Waals surface area contributed by atoms with Gasteiger partial charge in [0.25, 0.3) is 11.5 Å². The molecule has 1 aliphatic heterocycles. The summed E-state index contributed by atoms with van der Waals surface area (Å²) in [5.41, 5.74) is 1.58. The van der Waals surface area contributed by atoms with Crippen LogP contribution in [0.15, 0.2) is 46.0 Å². The number of amides is 1. The van der Waals surface area contributed by atoms with Crippen molar-refractivity contribution in [3.8, 4) is 0 Å². The maximum absolute atomic E-state index is 13.1. The summed E-state index contributed by atoms with van der Waals surface area (Å²) in [6.45, 7) is 3.39. The molecule has 0 aliphatic carbocycles. The average Bonchev–Trinajstić information content (AvgIpc) is 2.81. The summed E-state index contributed by atoms with van der Waals surface area (Å²) in [5.74, 6) is -0.285. The Morgan fingerprint density at radius 3 is 2.52 bits per heavy atom. The molecule has 1 saturated heterocycles. The molecule has 9 heteroatoms. The summed E-state index contributed by atoms with van der Waals surface area (Å²) in [6, 6.07) is 11.1. The lowest BCUT2D eigenvalue weighted by Gasteiger charge is -2.31. The monoisotopic (exact) mass is 423 g/mol. The number of benzene rings is 1. The fourth-order valence-electron chi connectivity index (χ4n) is 3.85. The number of pyridine rings is 1. The zero-order chi connectivity index (χ0) is 22.1. The van der Waals surface area contributed by atoms with Crippen LogP contribution in [0.25, 0.3) is 11.0 Å². The van der Waals surface area contributed by atoms with Crippen molar-refractivity contribution >= 4 is 22.6 Å². The number of aryl methyl sites for hydroxylation is 1. The minimum Gasteiger partial charge on any atom is -0.378 e. The molecular weight excluding hydrogens is 398 g/mol. The number of hydrogen-bond acceptors (Lipinski definition) is 6. The van der Waals surface area contributed by atoms with Crippen molar-refractivity contribution in [3.63, 3.8) is 0 Å². The number of hydrogen-bond donors (Lipinski definition) is 0. The molecule has 9 nitrogen and oxygen atoms in total. The number of nitrogens with zero attached hydrogens (tertiary/aromatic N) is 5. The topological polar surface area (TPSA) is 89.7 Å². The maximum Gasteiger partial charge on any atom is 0.332 e. The van der Waals surface area contributed by atoms with Crippen LogP contribution in [0.1, 0.15) is 16.1 Å². The van der Waals surface area contributed by atoms with Gasteiger partial charge in [-0.05, 0) is 23.8 Å². The van der Waals surface area contributed by atoms with Crippen LogP contribution in [0, 0.1) is 0 Å². The molecule has 1 aliphatic rings. The molecule has 0 radical (unpaired) electrons. The van der Waals surface area contributed by atoms with Crippen molar-refractivity contribution in [2.24, 2.45) is 14.1 Å². The zero-order valence-corrected chi connectivity index (χ0v) is 17.9. The van der Waals surface area contributed by atoms with E-state index in [-0.39, 0.29) is 17.2 Å². The van der Waals surface area contributed by atoms with E-state index in [1.54, 1.807) is 18.0 Å². The fraction of sp³-hybridized carbons (Fsp3) is 0.364. The summed E-state index contributed by atoms with van der Waals surface area (Å²) in [4.78, 5) is 45.9. The highest BCUT2D eigenvalue weighted by Gasteiger charge is 2.20. The van der Waals surface area contributed by atoms with Crippen LogP contribution in [-0.4, -0.2) is 58.3 Å². The van der Waals surface area contributed by atoms with Crippen molar-refractivity contribution < 1.29 is 9.53 Å². The molecule has 1 amide bonds. The predicted molar refractivity (Wildman–Crippen MR) is 117 cm³/mol. The molecule has 1 fully saturated rings. The van der Waals surface area contributed by atoms with Gasteiger partial charge in [0.15, 0.2) is 0 Å². The van der Waals surface area contributed by atoms with Gasteiger partial charge in [0.1, 0.15) is 11.3 Å². The number of para-hydroxylation sites is 1. The molecule has 162 valence electrons. The molecule has 3 aromatic rings. The van der Waals surface area contributed by atoms with E-state index >= 15 is 0 Å². The van der Waals surface area contributed by atoms with Crippen LogP contribution in [0.2, 0.25) is 0 Å². The van der Waals surface area contributed by atoms with Crippen molar-refractivity contribution in [3.05, 3.63) is 68.5 Å². The summed E-state index contributed by atoms with van der Waals surface area (Å²) < 4.78 is 7.75. The van der Waals surface area contributed by atoms with Crippen LogP contribution in [-0.2, 0) is 25.4 Å². The number of morpholine rings is 1. The molecule has 1 aromatic carbocycles. The van der Waals surface area contributed by atoms with E-state index in [4.69, 9.17) is 4.74 Å². The van der Waals surface area contributed by atoms with Gasteiger partial charge in [0, 0.05) is 46.5 Å². The Bertz CT molecular complexity index is 1260. The largest absolute Gasteiger partial charge is 0.378 e. The Hall–Kier alpha value is -3.46. The average molecular weight is 423 g/mol. The summed E-state index contributed by atoms with van der Waals surface area (Å²) in [5, 5.41) is 0.293. The third kappa shape index (κ3) is 3.84. The highest BCUT2D eigenvalue weighted by atomic mass is 16.5. The SMILES string of the molecule is CN(Cc1ccccc1N1CCOCC1)C(=O)c1ccc2c(=O)n(C)c(=O)n(C)c2n1. The third-order valence-corrected chi connectivity index (χ3v) is 5.62. The highest BCUT2D eigenvalue weighted by Crippen LogP contribution is 2.23. The Labute approximate surface area is 179 Å². The van der Waals surface area contributed by atoms with E-state index in [0.717, 1.165) is 28.9 Å². The molecule has 0 bridgehead atoms. The summed E-state index contributed by atoms with van der Waals surface area (Å²) in [6.07, 6.45) is 0. The number of carbonyl (C=O) groups is 1. The lowest BCUT2D eigenvalue weighted by atomic mass is 10.1. The van der Waals surface area contributed by atoms with Gasteiger partial charge in [-0.2, -0.15) is 0 Å². The highest BCUT2D eigenvalue weighted by molar-refractivity contribution is 5.94. The molecule has 4 rings (SSSR count). The van der Waals surface area contributed by atoms with Gasteiger partial charge in [-0.3, -0.25) is 18.7 Å². The molecule has 0 spiro atoms. The number of fused-ring (bicyclic) bond motifs is 1. The van der Waals surface area contributed by atoms with Crippen LogP contribution in [0.3, 0.4) is 0 Å². The van der Waals surface area contributed by atoms with Crippen LogP contribution in [0.4, 0.5) is 5.69 Å². The van der Waals surface area contributed by atoms with Crippen molar-refractivity contribution in [1.82, 2.24) is 19.0 Å². The predicted octanol–water partition coefficient (Wildman–Crippen LogP) is 0.741. The van der Waals surface area contributed by atoms with E-state index in [1.165, 1.54) is 24.7 Å². The van der Waals surface area contributed by atoms with E-state index in [1.807, 2.05) is 18.2 Å². The fourth-order valence-corrected chi connectivity index (χ4v) is 3.85. The number of aromatic nitrogens is 3. The second-order valence-electron chi connectivity index (χ2n) is 7.66. The molecule has 3 heterocycles. The first-order valence-electron chi connectivity index (χ1n) is 10.1. The van der Waals surface area contributed by atoms with Crippen molar-refractivity contribution in [2.75, 3.05) is 38.3 Å². The van der Waals surface area contributed by atoms with E-state index in [9.17, 15) is 14.4 Å². The van der Waals surface area contributed by atoms with Gasteiger partial charge in [-0.25, -0.2) is 9.78 Å². The van der Waals surface area contributed by atoms with Gasteiger partial charge < -0.3 is 14.5 Å². The molecule has 2 aromatic heterocycles. The minimum atomic E-state index is -0.484. The lowest BCUT2D eigenvalue weighted by Crippen LogP contribution is -2.38. The number of rotatable bonds is 4. The molecule has 0 N–H and O–H groups in total. The Balaban J connectivity index is 1.63. The van der Waals surface area contributed by atoms with Crippen LogP contribution >= 0.6 is 0 Å². The molecule has 0 unspecified atom stereocenters. The first-order chi connectivity index (χ1) is 14.9. The molecule has 0 saturated carbocycles. The normalized spacial score (nSPS) is 14.1. The van der Waals surface area contributed by atoms with Gasteiger partial charge in [-0.1, -0.05) is 18.2 Å². The van der Waals surface area contributed by atoms with Gasteiger partial charge in [-0.15, -0.1) is 0 Å². The minimum absolute atomic E-state index is 0.183. The Morgan fingerprint density at radius 2 is 1.77 bits per heavy atom. The Kier molecular flexibility index (Phi) is 5.60. The molecule has 31 heavy (non-hydrogen) atoms. The lowest BCUT2D eigenvalue weighted by molar-refractivity contribution is 0.0779. The summed E-state index contributed by atoms with van der Waals surface area (Å²) in [7, 11) is 4.67. The van der Waals surface area contributed by atoms with Gasteiger partial charge >= 0.3 is 5.69 Å². The number of anilines is 1. The number of carbonyl (C=O) groups excluding carboxylic acids is 1. The van der Waals surface area contributed by atoms with Crippen molar-refractivity contribution in [1.29, 1.82) is 0 Å². The second kappa shape index (κ2) is 8.35. The van der Waals surface area contributed by atoms with E-state index in [0.29, 0.717) is 25.1 Å². The van der Waals surface area contributed by atoms with Crippen LogP contribution in [0.5, 0.6) is 0 Å². The van der Waals surface area contributed by atoms with Crippen molar-refractivity contribution in [2.45, 2.75) is 6.54 Å². The first-order valence-corrected chi connectivity index (χ1v) is 10.1. The standard InChI is InChI=1S/C22H25N5O4/c1-24(14-15-6-4-5-7-18(15)27-10-12-31-13-11-27)21(29)17-9-8-16-19(23-17)25(2)22(30)26(3)20(16)28/h4-9H,10-14H2,1-3H3. The number of ether oxygens (including phenoxy) is 1. The third-order valence-electron chi connectivity index (χ3n) is 5.62. The zero-order valence-electron chi connectivity index (χ0n) is 17.9. The smallest absolute Gasteiger partial charge is 0.332 e. The quantitative estimate of drug-likeness (QED) is 0.615. The molecule has 0 atom stereocenters. The van der Waals surface area contributed by atoms with Gasteiger partial charge in [0.05, 0.1) is 18.6 Å². The Morgan fingerprint density at radius 1 is 1.06 bits per heavy atom. The first kappa shape index (κ1) is 20.8. The summed E-state index contributed by atoms with van der Waals surface area (Å²) >= 11 is 0. The molecular formula is C22H25N5O4. The van der Waals surface area contributed by atoms with E-state index in [2.05, 4.69) is 16.0 Å². The maximum atomic E-state index is 13.1.